The van der Waals surface area contributed by atoms with E-state index in [1.54, 1.807) is 0 Å². The van der Waals surface area contributed by atoms with Crippen LogP contribution < -0.4 is 6.15 Å². The first kappa shape index (κ1) is 17.4. The van der Waals surface area contributed by atoms with Gasteiger partial charge in [-0.05, 0) is 0 Å². The molecule has 0 heterocycles. The quantitative estimate of drug-likeness (QED) is 0.324. The fourth-order valence-electron chi connectivity index (χ4n) is 0.270. The second-order valence-electron chi connectivity index (χ2n) is 1.57. The maximum atomic E-state index is 9.77. The molecule has 2 unspecified atom stereocenters. The van der Waals surface area contributed by atoms with E-state index in [0.717, 1.165) is 0 Å². The van der Waals surface area contributed by atoms with Crippen molar-refractivity contribution < 1.29 is 30.0 Å². The number of rotatable bonds is 3. The van der Waals surface area contributed by atoms with Crippen molar-refractivity contribution in [2.45, 2.75) is 12.2 Å². The van der Waals surface area contributed by atoms with Crippen molar-refractivity contribution in [2.75, 3.05) is 0 Å². The molecule has 0 spiro atoms. The molecule has 0 aromatic rings. The Balaban J connectivity index is -0.000000405. The third-order valence-electron chi connectivity index (χ3n) is 0.805. The van der Waals surface area contributed by atoms with Gasteiger partial charge in [0.05, 0.1) is 0 Å². The molecule has 8 heteroatoms. The van der Waals surface area contributed by atoms with Gasteiger partial charge in [-0.1, -0.05) is 0 Å². The molecule has 2 atom stereocenters. The van der Waals surface area contributed by atoms with Crippen molar-refractivity contribution in [1.82, 2.24) is 6.15 Å². The minimum atomic E-state index is -2.27. The zero-order valence-electron chi connectivity index (χ0n) is 5.47. The molecule has 0 radical (unpaired) electrons. The number of carboxylic acid groups (broad SMARTS) is 2. The van der Waals surface area contributed by atoms with Crippen LogP contribution in [0.4, 0.5) is 0 Å². The van der Waals surface area contributed by atoms with Crippen LogP contribution in [0, 0.1) is 0 Å². The van der Waals surface area contributed by atoms with Gasteiger partial charge in [-0.25, -0.2) is 9.59 Å². The summed E-state index contributed by atoms with van der Waals surface area (Å²) in [5, 5.41) is 32.5. The van der Waals surface area contributed by atoms with Gasteiger partial charge in [0, 0.05) is 0 Å². The van der Waals surface area contributed by atoms with Crippen LogP contribution in [0.3, 0.4) is 0 Å². The Labute approximate surface area is 78.6 Å². The van der Waals surface area contributed by atoms with Gasteiger partial charge in [0.25, 0.3) is 0 Å². The Hall–Kier alpha value is -0.637. The molecule has 7 N–H and O–H groups in total. The number of carboxylic acids is 2. The van der Waals surface area contributed by atoms with E-state index in [1.807, 2.05) is 0 Å². The van der Waals surface area contributed by atoms with Gasteiger partial charge in [0.1, 0.15) is 0 Å². The maximum absolute atomic E-state index is 9.77. The Kier molecular flexibility index (Phi) is 10.2. The topological polar surface area (TPSA) is 150 Å². The van der Waals surface area contributed by atoms with Gasteiger partial charge in [-0.3, -0.25) is 0 Å². The van der Waals surface area contributed by atoms with Gasteiger partial charge >= 0.3 is 29.5 Å². The number of carbonyl (C=O) groups is 2. The van der Waals surface area contributed by atoms with E-state index in [-0.39, 0.29) is 23.7 Å². The number of aliphatic hydroxyl groups excluding tert-OH is 2. The molecule has 0 saturated heterocycles. The van der Waals surface area contributed by atoms with Crippen LogP contribution in [0.1, 0.15) is 0 Å². The number of hydrogen-bond donors (Lipinski definition) is 5. The fraction of sp³-hybridized carbons (Fsp3) is 0.500. The molecule has 0 aliphatic rings. The zero-order chi connectivity index (χ0) is 8.31. The van der Waals surface area contributed by atoms with Crippen molar-refractivity contribution in [1.29, 1.82) is 0 Å². The molecule has 7 nitrogen and oxygen atoms in total. The van der Waals surface area contributed by atoms with E-state index in [2.05, 4.69) is 0 Å². The summed E-state index contributed by atoms with van der Waals surface area (Å²) in [7, 11) is 0. The van der Waals surface area contributed by atoms with Crippen molar-refractivity contribution in [2.24, 2.45) is 0 Å². The van der Waals surface area contributed by atoms with Gasteiger partial charge in [0.2, 0.25) is 0 Å². The number of aliphatic carboxylic acids is 2. The van der Waals surface area contributed by atoms with Gasteiger partial charge < -0.3 is 26.6 Å². The van der Waals surface area contributed by atoms with Gasteiger partial charge in [-0.2, -0.15) is 0 Å². The first-order valence-electron chi connectivity index (χ1n) is 2.28. The van der Waals surface area contributed by atoms with E-state index in [4.69, 9.17) is 20.4 Å². The SMILES string of the molecule is N.O=C(O)C(O)C(O)C(=O)O.[GeH4]. The second-order valence-corrected chi connectivity index (χ2v) is 1.57. The molecule has 0 aliphatic heterocycles. The van der Waals surface area contributed by atoms with E-state index < -0.39 is 24.1 Å². The average Bonchev–Trinajstić information content (AvgIpc) is 1.84. The molecule has 0 saturated carbocycles. The summed E-state index contributed by atoms with van der Waals surface area (Å²) in [5.74, 6) is -3.54. The summed E-state index contributed by atoms with van der Waals surface area (Å²) in [6.07, 6.45) is -4.53. The standard InChI is InChI=1S/C4H6O6.GeH4.H3N/c5-1(3(7)8)2(6)4(9)10;;/h1-2,5-6H,(H,7,8)(H,9,10);1H4;1H3. The monoisotopic (exact) mass is 245 g/mol. The van der Waals surface area contributed by atoms with Gasteiger partial charge in [0.15, 0.2) is 12.2 Å². The Morgan fingerprint density at radius 3 is 1.17 bits per heavy atom. The second kappa shape index (κ2) is 7.04. The Morgan fingerprint density at radius 1 is 0.917 bits per heavy atom. The number of aliphatic hydroxyl groups is 2. The van der Waals surface area contributed by atoms with Crippen LogP contribution in [0.5, 0.6) is 0 Å². The van der Waals surface area contributed by atoms with Crippen LogP contribution in [-0.4, -0.2) is 62.2 Å². The molecular formula is C4H13GeNO6. The molecule has 0 aromatic carbocycles. The van der Waals surface area contributed by atoms with Crippen LogP contribution in [0.2, 0.25) is 0 Å². The molecular weight excluding hydrogens is 231 g/mol. The summed E-state index contributed by atoms with van der Waals surface area (Å²) >= 11 is 0. The zero-order valence-corrected chi connectivity index (χ0v) is 5.47. The molecule has 0 fully saturated rings. The van der Waals surface area contributed by atoms with Crippen LogP contribution in [0.15, 0.2) is 0 Å². The van der Waals surface area contributed by atoms with Crippen LogP contribution in [0.25, 0.3) is 0 Å². The summed E-state index contributed by atoms with van der Waals surface area (Å²) in [6.45, 7) is 0. The molecule has 0 amide bonds. The predicted octanol–water partition coefficient (Wildman–Crippen LogP) is -3.41. The minimum absolute atomic E-state index is 0. The van der Waals surface area contributed by atoms with Crippen molar-refractivity contribution >= 4 is 29.5 Å². The molecule has 74 valence electrons. The fourth-order valence-corrected chi connectivity index (χ4v) is 0.270. The molecule has 0 aromatic heterocycles. The first-order valence-corrected chi connectivity index (χ1v) is 2.28. The third-order valence-corrected chi connectivity index (χ3v) is 0.805. The van der Waals surface area contributed by atoms with Crippen molar-refractivity contribution in [3.05, 3.63) is 0 Å². The summed E-state index contributed by atoms with van der Waals surface area (Å²) in [4.78, 5) is 19.5. The normalized spacial score (nSPS) is 13.2. The van der Waals surface area contributed by atoms with E-state index in [0.29, 0.717) is 0 Å². The molecule has 0 aliphatic carbocycles. The Morgan fingerprint density at radius 2 is 1.08 bits per heavy atom. The average molecular weight is 244 g/mol. The Bertz CT molecular complexity index is 144. The van der Waals surface area contributed by atoms with Crippen molar-refractivity contribution in [3.63, 3.8) is 0 Å². The van der Waals surface area contributed by atoms with Crippen LogP contribution in [-0.2, 0) is 9.59 Å². The first-order chi connectivity index (χ1) is 4.46. The summed E-state index contributed by atoms with van der Waals surface area (Å²) in [5.41, 5.74) is 0. The van der Waals surface area contributed by atoms with E-state index >= 15 is 0 Å². The third kappa shape index (κ3) is 5.07. The van der Waals surface area contributed by atoms with Crippen LogP contribution >= 0.6 is 0 Å². The van der Waals surface area contributed by atoms with E-state index in [9.17, 15) is 9.59 Å². The van der Waals surface area contributed by atoms with Gasteiger partial charge in [-0.15, -0.1) is 0 Å². The van der Waals surface area contributed by atoms with Crippen molar-refractivity contribution in [3.8, 4) is 0 Å². The summed E-state index contributed by atoms with van der Waals surface area (Å²) < 4.78 is 0. The molecule has 12 heavy (non-hydrogen) atoms. The number of hydrogen-bond acceptors (Lipinski definition) is 5. The molecule has 0 bridgehead atoms. The predicted molar refractivity (Wildman–Crippen MR) is 43.6 cm³/mol. The summed E-state index contributed by atoms with van der Waals surface area (Å²) in [6, 6.07) is 0. The molecule has 0 rings (SSSR count). The van der Waals surface area contributed by atoms with E-state index in [1.165, 1.54) is 0 Å².